The first-order valence-electron chi connectivity index (χ1n) is 3.69. The third kappa shape index (κ3) is 1.46. The molecule has 8 heavy (non-hydrogen) atoms. The van der Waals surface area contributed by atoms with Crippen LogP contribution in [0, 0.1) is 0 Å². The van der Waals surface area contributed by atoms with Crippen molar-refractivity contribution in [3.63, 3.8) is 0 Å². The van der Waals surface area contributed by atoms with Gasteiger partial charge < -0.3 is 11.5 Å². The van der Waals surface area contributed by atoms with Crippen molar-refractivity contribution >= 4 is 0 Å². The molecule has 1 aliphatic carbocycles. The Balaban J connectivity index is 2.34. The lowest BCUT2D eigenvalue weighted by atomic mass is 9.92. The Morgan fingerprint density at radius 3 is 2.12 bits per heavy atom. The third-order valence-electron chi connectivity index (χ3n) is 1.54. The van der Waals surface area contributed by atoms with E-state index >= 15 is 0 Å². The zero-order chi connectivity index (χ0) is 6.85. The zero-order valence-corrected chi connectivity index (χ0v) is 5.01. The van der Waals surface area contributed by atoms with Crippen LogP contribution in [0.15, 0.2) is 0 Å². The highest BCUT2D eigenvalue weighted by molar-refractivity contribution is 4.76. The second kappa shape index (κ2) is 2.46. The molecule has 2 nitrogen and oxygen atoms in total. The standard InChI is InChI=1S/C6H14N2/c7-5-2-1-3-6(8)4-5/h5-6H,1-4,7-8H2/t5-,6+/i1D/t1?,5-,6+. The molecule has 0 bridgehead atoms. The van der Waals surface area contributed by atoms with Gasteiger partial charge in [0.05, 0.1) is 0 Å². The van der Waals surface area contributed by atoms with Gasteiger partial charge in [-0.2, -0.15) is 0 Å². The quantitative estimate of drug-likeness (QED) is 0.474. The maximum atomic E-state index is 7.37. The van der Waals surface area contributed by atoms with Crippen LogP contribution in [-0.2, 0) is 0 Å². The predicted molar refractivity (Wildman–Crippen MR) is 34.4 cm³/mol. The van der Waals surface area contributed by atoms with Crippen molar-refractivity contribution in [1.29, 1.82) is 0 Å². The molecule has 1 rings (SSSR count). The van der Waals surface area contributed by atoms with Crippen LogP contribution in [0.25, 0.3) is 0 Å². The van der Waals surface area contributed by atoms with Gasteiger partial charge in [0.2, 0.25) is 0 Å². The second-order valence-corrected chi connectivity index (χ2v) is 2.52. The minimum Gasteiger partial charge on any atom is -0.328 e. The van der Waals surface area contributed by atoms with Gasteiger partial charge in [-0.15, -0.1) is 0 Å². The highest BCUT2D eigenvalue weighted by atomic mass is 14.7. The van der Waals surface area contributed by atoms with E-state index in [0.29, 0.717) is 0 Å². The van der Waals surface area contributed by atoms with Gasteiger partial charge in [-0.1, -0.05) is 6.40 Å². The highest BCUT2D eigenvalue weighted by Gasteiger charge is 2.14. The van der Waals surface area contributed by atoms with Crippen molar-refractivity contribution in [1.82, 2.24) is 0 Å². The molecule has 1 aliphatic rings. The Bertz CT molecular complexity index is 72.0. The van der Waals surface area contributed by atoms with Crippen molar-refractivity contribution in [2.75, 3.05) is 0 Å². The summed E-state index contributed by atoms with van der Waals surface area (Å²) in [6, 6.07) is 0.354. The molecule has 1 saturated carbocycles. The number of rotatable bonds is 0. The first-order valence-corrected chi connectivity index (χ1v) is 3.12. The largest absolute Gasteiger partial charge is 0.328 e. The smallest absolute Gasteiger partial charge is 0.0268 e. The fraction of sp³-hybridized carbons (Fsp3) is 1.00. The maximum absolute atomic E-state index is 7.37. The van der Waals surface area contributed by atoms with Gasteiger partial charge in [-0.05, 0) is 19.3 Å². The van der Waals surface area contributed by atoms with Gasteiger partial charge in [0.1, 0.15) is 0 Å². The van der Waals surface area contributed by atoms with Crippen molar-refractivity contribution in [2.24, 2.45) is 11.5 Å². The van der Waals surface area contributed by atoms with Gasteiger partial charge in [0, 0.05) is 13.5 Å². The highest BCUT2D eigenvalue weighted by Crippen LogP contribution is 2.14. The van der Waals surface area contributed by atoms with E-state index in [1.165, 1.54) is 0 Å². The summed E-state index contributed by atoms with van der Waals surface area (Å²) in [5.74, 6) is 0. The molecule has 4 N–H and O–H groups in total. The molecule has 2 heteroatoms. The molecule has 0 saturated heterocycles. The SMILES string of the molecule is [2H]C1C[C@@H](N)C[C@@H](N)C1. The summed E-state index contributed by atoms with van der Waals surface area (Å²) in [7, 11) is 0. The van der Waals surface area contributed by atoms with Gasteiger partial charge >= 0.3 is 0 Å². The summed E-state index contributed by atoms with van der Waals surface area (Å²) in [4.78, 5) is 0. The van der Waals surface area contributed by atoms with Crippen molar-refractivity contribution in [3.8, 4) is 0 Å². The van der Waals surface area contributed by atoms with Crippen LogP contribution >= 0.6 is 0 Å². The molecule has 0 aromatic heterocycles. The first kappa shape index (κ1) is 4.77. The monoisotopic (exact) mass is 115 g/mol. The van der Waals surface area contributed by atoms with E-state index in [4.69, 9.17) is 12.8 Å². The van der Waals surface area contributed by atoms with E-state index in [1.54, 1.807) is 0 Å². The van der Waals surface area contributed by atoms with E-state index in [2.05, 4.69) is 0 Å². The van der Waals surface area contributed by atoms with E-state index in [-0.39, 0.29) is 18.5 Å². The van der Waals surface area contributed by atoms with E-state index in [9.17, 15) is 0 Å². The lowest BCUT2D eigenvalue weighted by Gasteiger charge is -2.22. The van der Waals surface area contributed by atoms with Crippen LogP contribution in [-0.4, -0.2) is 12.1 Å². The average molecular weight is 115 g/mol. The Morgan fingerprint density at radius 2 is 1.75 bits per heavy atom. The predicted octanol–water partition coefficient (Wildman–Crippen LogP) is 0.215. The van der Waals surface area contributed by atoms with Crippen molar-refractivity contribution in [2.45, 2.75) is 37.7 Å². The molecule has 0 amide bonds. The molecule has 3 atom stereocenters. The Kier molecular flexibility index (Phi) is 1.47. The van der Waals surface area contributed by atoms with Crippen LogP contribution in [0.4, 0.5) is 0 Å². The van der Waals surface area contributed by atoms with Gasteiger partial charge in [-0.25, -0.2) is 0 Å². The van der Waals surface area contributed by atoms with Crippen LogP contribution in [0.2, 0.25) is 0 Å². The van der Waals surface area contributed by atoms with Crippen molar-refractivity contribution in [3.05, 3.63) is 0 Å². The summed E-state index contributed by atoms with van der Waals surface area (Å²) in [6.07, 6.45) is 2.54. The summed E-state index contributed by atoms with van der Waals surface area (Å²) in [6.45, 7) is 0. The molecule has 1 fully saturated rings. The molecule has 0 spiro atoms. The summed E-state index contributed by atoms with van der Waals surface area (Å²) >= 11 is 0. The molecule has 0 aromatic rings. The minimum absolute atomic E-state index is 0.0104. The molecular weight excluding hydrogens is 100 g/mol. The van der Waals surface area contributed by atoms with Crippen LogP contribution in [0.5, 0.6) is 0 Å². The number of hydrogen-bond acceptors (Lipinski definition) is 2. The van der Waals surface area contributed by atoms with Crippen LogP contribution in [0.1, 0.15) is 27.0 Å². The van der Waals surface area contributed by atoms with Crippen molar-refractivity contribution < 1.29 is 1.37 Å². The Morgan fingerprint density at radius 1 is 1.25 bits per heavy atom. The lowest BCUT2D eigenvalue weighted by Crippen LogP contribution is -2.35. The molecular formula is C6H14N2. The fourth-order valence-corrected chi connectivity index (χ4v) is 1.11. The third-order valence-corrected chi connectivity index (χ3v) is 1.54. The van der Waals surface area contributed by atoms with Crippen LogP contribution < -0.4 is 11.5 Å². The summed E-state index contributed by atoms with van der Waals surface area (Å²) in [5.41, 5.74) is 11.2. The average Bonchev–Trinajstić information content (AvgIpc) is 1.59. The Hall–Kier alpha value is -0.0800. The normalized spacial score (nSPS) is 50.8. The number of nitrogens with two attached hydrogens (primary N) is 2. The Labute approximate surface area is 51.6 Å². The van der Waals surface area contributed by atoms with Gasteiger partial charge in [0.15, 0.2) is 0 Å². The molecule has 0 radical (unpaired) electrons. The molecule has 48 valence electrons. The second-order valence-electron chi connectivity index (χ2n) is 2.52. The lowest BCUT2D eigenvalue weighted by molar-refractivity contribution is 0.392. The van der Waals surface area contributed by atoms with E-state index < -0.39 is 0 Å². The van der Waals surface area contributed by atoms with Gasteiger partial charge in [-0.3, -0.25) is 0 Å². The summed E-state index contributed by atoms with van der Waals surface area (Å²) in [5, 5.41) is 0. The maximum Gasteiger partial charge on any atom is 0.0268 e. The molecule has 0 aromatic carbocycles. The van der Waals surface area contributed by atoms with Gasteiger partial charge in [0.25, 0.3) is 0 Å². The van der Waals surface area contributed by atoms with Crippen LogP contribution in [0.3, 0.4) is 0 Å². The molecule has 1 unspecified atom stereocenters. The molecule has 0 heterocycles. The minimum atomic E-state index is -0.0104. The van der Waals surface area contributed by atoms with E-state index in [0.717, 1.165) is 19.3 Å². The molecule has 0 aliphatic heterocycles. The number of hydrogen-bond donors (Lipinski definition) is 2. The summed E-state index contributed by atoms with van der Waals surface area (Å²) < 4.78 is 7.37. The fourth-order valence-electron chi connectivity index (χ4n) is 1.11. The zero-order valence-electron chi connectivity index (χ0n) is 6.01. The first-order chi connectivity index (χ1) is 4.18. The van der Waals surface area contributed by atoms with E-state index in [1.807, 2.05) is 0 Å². The topological polar surface area (TPSA) is 52.0 Å².